The number of hydrogen-bond donors (Lipinski definition) is 1. The summed E-state index contributed by atoms with van der Waals surface area (Å²) < 4.78 is 5.42. The maximum atomic E-state index is 11.3. The van der Waals surface area contributed by atoms with Crippen LogP contribution in [0.2, 0.25) is 0 Å². The Hall–Kier alpha value is -1.69. The predicted octanol–water partition coefficient (Wildman–Crippen LogP) is -0.201. The number of carbonyl (C=O) groups is 3. The zero-order valence-corrected chi connectivity index (χ0v) is 9.88. The summed E-state index contributed by atoms with van der Waals surface area (Å²) in [6.45, 7) is 1.60. The highest BCUT2D eigenvalue weighted by atomic mass is 16.5. The molecule has 0 saturated carbocycles. The summed E-state index contributed by atoms with van der Waals surface area (Å²) in [5, 5.41) is 2.05. The van der Waals surface area contributed by atoms with Gasteiger partial charge >= 0.3 is 0 Å². The predicted molar refractivity (Wildman–Crippen MR) is 59.7 cm³/mol. The van der Waals surface area contributed by atoms with E-state index in [0.29, 0.717) is 18.4 Å². The second-order valence-electron chi connectivity index (χ2n) is 3.91. The van der Waals surface area contributed by atoms with Crippen LogP contribution in [0.1, 0.15) is 19.8 Å². The van der Waals surface area contributed by atoms with E-state index in [1.54, 1.807) is 25.1 Å². The van der Waals surface area contributed by atoms with Gasteiger partial charge in [-0.05, 0) is 19.8 Å². The highest BCUT2D eigenvalue weighted by molar-refractivity contribution is 5.98. The molecule has 6 nitrogen and oxygen atoms in total. The van der Waals surface area contributed by atoms with Crippen molar-refractivity contribution >= 4 is 18.6 Å². The Morgan fingerprint density at radius 2 is 2.12 bits per heavy atom. The average molecular weight is 240 g/mol. The fourth-order valence-corrected chi connectivity index (χ4v) is 1.66. The lowest BCUT2D eigenvalue weighted by atomic mass is 10.2. The second-order valence-corrected chi connectivity index (χ2v) is 3.91. The maximum absolute atomic E-state index is 11.3. The molecular weight excluding hydrogens is 224 g/mol. The van der Waals surface area contributed by atoms with Crippen LogP contribution in [-0.4, -0.2) is 42.9 Å². The van der Waals surface area contributed by atoms with Crippen LogP contribution in [0.4, 0.5) is 0 Å². The second kappa shape index (κ2) is 6.15. The first kappa shape index (κ1) is 13.4. The lowest BCUT2D eigenvalue weighted by Crippen LogP contribution is -2.30. The van der Waals surface area contributed by atoms with Crippen LogP contribution in [0, 0.1) is 0 Å². The third-order valence-electron chi connectivity index (χ3n) is 2.58. The minimum atomic E-state index is -0.447. The number of hydrogen-bond acceptors (Lipinski definition) is 5. The molecule has 1 aliphatic rings. The quantitative estimate of drug-likeness (QED) is 0.532. The highest BCUT2D eigenvalue weighted by Crippen LogP contribution is 2.21. The number of aldehydes is 1. The number of imide groups is 1. The molecule has 0 aromatic rings. The molecule has 1 heterocycles. The minimum Gasteiger partial charge on any atom is -0.355 e. The Kier molecular flexibility index (Phi) is 4.84. The van der Waals surface area contributed by atoms with Crippen molar-refractivity contribution in [1.82, 2.24) is 10.2 Å². The summed E-state index contributed by atoms with van der Waals surface area (Å²) in [5.74, 6) is -0.447. The van der Waals surface area contributed by atoms with Gasteiger partial charge in [0.1, 0.15) is 18.6 Å². The number of rotatable bonds is 5. The molecule has 0 aromatic carbocycles. The Bertz CT molecular complexity index is 340. The van der Waals surface area contributed by atoms with Gasteiger partial charge in [-0.3, -0.25) is 14.9 Å². The Labute approximate surface area is 99.6 Å². The van der Waals surface area contributed by atoms with Crippen LogP contribution in [-0.2, 0) is 19.1 Å². The highest BCUT2D eigenvalue weighted by Gasteiger charge is 2.26. The minimum absolute atomic E-state index is 0.204. The van der Waals surface area contributed by atoms with Gasteiger partial charge in [0.05, 0.1) is 0 Å². The van der Waals surface area contributed by atoms with Crippen LogP contribution in [0.3, 0.4) is 0 Å². The van der Waals surface area contributed by atoms with E-state index in [0.717, 1.165) is 12.7 Å². The Morgan fingerprint density at radius 3 is 2.65 bits per heavy atom. The van der Waals surface area contributed by atoms with Gasteiger partial charge in [0.15, 0.2) is 0 Å². The molecular formula is C11H16N2O4. The van der Waals surface area contributed by atoms with E-state index in [1.807, 2.05) is 5.32 Å². The van der Waals surface area contributed by atoms with Gasteiger partial charge in [0.2, 0.25) is 6.41 Å². The largest absolute Gasteiger partial charge is 0.355 e. The summed E-state index contributed by atoms with van der Waals surface area (Å²) >= 11 is 0. The monoisotopic (exact) mass is 240 g/mol. The molecule has 1 saturated heterocycles. The molecule has 0 spiro atoms. The topological polar surface area (TPSA) is 75.7 Å². The third-order valence-corrected chi connectivity index (χ3v) is 2.58. The van der Waals surface area contributed by atoms with Crippen LogP contribution >= 0.6 is 0 Å². The Balaban J connectivity index is 2.56. The molecule has 0 aromatic heterocycles. The molecule has 17 heavy (non-hydrogen) atoms. The van der Waals surface area contributed by atoms with Crippen molar-refractivity contribution in [3.63, 3.8) is 0 Å². The molecule has 6 heteroatoms. The molecule has 2 amide bonds. The van der Waals surface area contributed by atoms with Gasteiger partial charge in [0, 0.05) is 18.8 Å². The van der Waals surface area contributed by atoms with E-state index in [2.05, 4.69) is 0 Å². The van der Waals surface area contributed by atoms with Gasteiger partial charge in [-0.15, -0.1) is 0 Å². The van der Waals surface area contributed by atoms with E-state index < -0.39 is 5.91 Å². The van der Waals surface area contributed by atoms with Crippen molar-refractivity contribution < 1.29 is 19.1 Å². The first-order chi connectivity index (χ1) is 8.08. The lowest BCUT2D eigenvalue weighted by Gasteiger charge is -2.22. The van der Waals surface area contributed by atoms with Crippen LogP contribution in [0.15, 0.2) is 11.8 Å². The normalized spacial score (nSPS) is 24.2. The van der Waals surface area contributed by atoms with Gasteiger partial charge in [-0.2, -0.15) is 0 Å². The van der Waals surface area contributed by atoms with Crippen molar-refractivity contribution in [2.45, 2.75) is 32.1 Å². The molecule has 1 N–H and O–H groups in total. The number of amides is 2. The van der Waals surface area contributed by atoms with Gasteiger partial charge in [-0.1, -0.05) is 0 Å². The third kappa shape index (κ3) is 3.67. The zero-order chi connectivity index (χ0) is 12.8. The summed E-state index contributed by atoms with van der Waals surface area (Å²) in [7, 11) is 1.76. The molecule has 2 atom stereocenters. The first-order valence-corrected chi connectivity index (χ1v) is 5.34. The smallest absolute Gasteiger partial charge is 0.254 e. The first-order valence-electron chi connectivity index (χ1n) is 5.34. The van der Waals surface area contributed by atoms with E-state index in [9.17, 15) is 14.4 Å². The zero-order valence-electron chi connectivity index (χ0n) is 9.88. The van der Waals surface area contributed by atoms with E-state index in [-0.39, 0.29) is 12.3 Å². The number of nitrogens with one attached hydrogen (secondary N) is 1. The number of ether oxygens (including phenoxy) is 1. The fraction of sp³-hybridized carbons (Fsp3) is 0.545. The number of carbonyl (C=O) groups excluding carboxylic acids is 3. The number of nitrogens with zero attached hydrogens (tertiary/aromatic N) is 1. The molecule has 1 rings (SSSR count). The maximum Gasteiger partial charge on any atom is 0.254 e. The molecule has 0 radical (unpaired) electrons. The van der Waals surface area contributed by atoms with Crippen molar-refractivity contribution in [3.8, 4) is 0 Å². The van der Waals surface area contributed by atoms with Crippen LogP contribution in [0.5, 0.6) is 0 Å². The molecule has 0 bridgehead atoms. The summed E-state index contributed by atoms with van der Waals surface area (Å²) in [5.41, 5.74) is 0.401. The molecule has 0 aliphatic carbocycles. The van der Waals surface area contributed by atoms with Crippen molar-refractivity contribution in [2.75, 3.05) is 7.05 Å². The molecule has 1 aliphatic heterocycles. The molecule has 1 fully saturated rings. The summed E-state index contributed by atoms with van der Waals surface area (Å²) in [6, 6.07) is 0. The van der Waals surface area contributed by atoms with Gasteiger partial charge in [-0.25, -0.2) is 0 Å². The SMILES string of the molecule is C/C(=C/N(C)C1CCC(C=O)O1)C(=O)NC=O. The standard InChI is InChI=1S/C11H16N2O4/c1-8(11(16)12-7-15)5-13(2)10-4-3-9(6-14)17-10/h5-7,9-10H,3-4H2,1-2H3,(H,12,15,16)/b8-5-. The summed E-state index contributed by atoms with van der Waals surface area (Å²) in [4.78, 5) is 33.6. The van der Waals surface area contributed by atoms with Crippen molar-refractivity contribution in [2.24, 2.45) is 0 Å². The van der Waals surface area contributed by atoms with E-state index in [1.165, 1.54) is 0 Å². The molecule has 2 unspecified atom stereocenters. The van der Waals surface area contributed by atoms with Crippen molar-refractivity contribution in [1.29, 1.82) is 0 Å². The van der Waals surface area contributed by atoms with Crippen LogP contribution in [0.25, 0.3) is 0 Å². The van der Waals surface area contributed by atoms with Gasteiger partial charge in [0.25, 0.3) is 5.91 Å². The summed E-state index contributed by atoms with van der Waals surface area (Å²) in [6.07, 6.45) is 3.57. The van der Waals surface area contributed by atoms with Crippen molar-refractivity contribution in [3.05, 3.63) is 11.8 Å². The Morgan fingerprint density at radius 1 is 1.41 bits per heavy atom. The average Bonchev–Trinajstić information content (AvgIpc) is 2.77. The van der Waals surface area contributed by atoms with Crippen LogP contribution < -0.4 is 5.32 Å². The van der Waals surface area contributed by atoms with E-state index >= 15 is 0 Å². The fourth-order valence-electron chi connectivity index (χ4n) is 1.66. The molecule has 94 valence electrons. The van der Waals surface area contributed by atoms with Gasteiger partial charge < -0.3 is 14.4 Å². The lowest BCUT2D eigenvalue weighted by molar-refractivity contribution is -0.123. The van der Waals surface area contributed by atoms with E-state index in [4.69, 9.17) is 4.74 Å².